The molecule has 0 atom stereocenters. The lowest BCUT2D eigenvalue weighted by Gasteiger charge is -2.08. The smallest absolute Gasteiger partial charge is 0.412 e. The highest BCUT2D eigenvalue weighted by Crippen LogP contribution is 2.52. The summed E-state index contributed by atoms with van der Waals surface area (Å²) in [7, 11) is 0. The number of thiophene rings is 2. The summed E-state index contributed by atoms with van der Waals surface area (Å²) in [5.74, 6) is 5.50. The van der Waals surface area contributed by atoms with Crippen molar-refractivity contribution in [1.29, 1.82) is 0 Å². The second kappa shape index (κ2) is 9.04. The third-order valence-corrected chi connectivity index (χ3v) is 9.28. The Morgan fingerprint density at radius 3 is 2.74 bits per heavy atom. The average molecular weight is 529 g/mol. The number of nitrogens with zero attached hydrogens (tertiary/aromatic N) is 1. The number of fused-ring (bicyclic) bond motifs is 1. The molecule has 6 nitrogen and oxygen atoms in total. The highest BCUT2D eigenvalue weighted by atomic mass is 35.5. The Kier molecular flexibility index (Phi) is 6.08. The number of hydrogen-bond donors (Lipinski definition) is 2. The van der Waals surface area contributed by atoms with Gasteiger partial charge in [0.2, 0.25) is 0 Å². The molecule has 4 aromatic rings. The summed E-state index contributed by atoms with van der Waals surface area (Å²) in [5.41, 5.74) is 1.22. The summed E-state index contributed by atoms with van der Waals surface area (Å²) in [4.78, 5) is 26.3. The van der Waals surface area contributed by atoms with Crippen LogP contribution in [0.2, 0.25) is 5.02 Å². The number of carboxylic acid groups (broad SMARTS) is 1. The number of ether oxygens (including phenoxy) is 1. The van der Waals surface area contributed by atoms with Gasteiger partial charge in [0.25, 0.3) is 0 Å². The van der Waals surface area contributed by atoms with Gasteiger partial charge in [-0.3, -0.25) is 10.1 Å². The number of carboxylic acids is 1. The summed E-state index contributed by atoms with van der Waals surface area (Å²) in [5, 5.41) is 13.8. The lowest BCUT2D eigenvalue weighted by Crippen LogP contribution is -2.17. The van der Waals surface area contributed by atoms with Crippen molar-refractivity contribution in [1.82, 2.24) is 4.37 Å². The summed E-state index contributed by atoms with van der Waals surface area (Å²) < 4.78 is 10.7. The Morgan fingerprint density at radius 1 is 1.24 bits per heavy atom. The van der Waals surface area contributed by atoms with E-state index in [4.69, 9.17) is 16.3 Å². The number of amides is 1. The summed E-state index contributed by atoms with van der Waals surface area (Å²) in [6.07, 6.45) is 0.789. The highest BCUT2D eigenvalue weighted by molar-refractivity contribution is 7.38. The van der Waals surface area contributed by atoms with E-state index in [-0.39, 0.29) is 6.61 Å². The number of rotatable bonds is 5. The molecule has 2 N–H and O–H groups in total. The second-order valence-electron chi connectivity index (χ2n) is 7.87. The Hall–Kier alpha value is -2.90. The van der Waals surface area contributed by atoms with Gasteiger partial charge >= 0.3 is 12.1 Å². The first kappa shape index (κ1) is 22.9. The minimum atomic E-state index is -0.743. The Bertz CT molecular complexity index is 1460. The molecule has 172 valence electrons. The van der Waals surface area contributed by atoms with E-state index in [1.54, 1.807) is 19.1 Å². The lowest BCUT2D eigenvalue weighted by atomic mass is 10.1. The number of carbonyl (C=O) groups excluding carboxylic acids is 1. The van der Waals surface area contributed by atoms with Crippen molar-refractivity contribution in [2.45, 2.75) is 31.8 Å². The Balaban J connectivity index is 1.29. The minimum absolute atomic E-state index is 0.0558. The van der Waals surface area contributed by atoms with Crippen LogP contribution >= 0.6 is 45.8 Å². The molecule has 34 heavy (non-hydrogen) atoms. The molecule has 0 unspecified atom stereocenters. The van der Waals surface area contributed by atoms with Crippen LogP contribution in [-0.4, -0.2) is 21.5 Å². The molecular weight excluding hydrogens is 512 g/mol. The molecule has 1 aliphatic rings. The van der Waals surface area contributed by atoms with Gasteiger partial charge in [-0.1, -0.05) is 29.8 Å². The van der Waals surface area contributed by atoms with Gasteiger partial charge in [-0.2, -0.15) is 4.37 Å². The van der Waals surface area contributed by atoms with Crippen molar-refractivity contribution in [2.75, 3.05) is 5.32 Å². The first-order valence-electron chi connectivity index (χ1n) is 10.3. The normalized spacial score (nSPS) is 13.8. The molecule has 3 heterocycles. The maximum atomic E-state index is 12.3. The van der Waals surface area contributed by atoms with Crippen LogP contribution in [-0.2, 0) is 21.6 Å². The number of nitrogens with one attached hydrogen (secondary N) is 1. The van der Waals surface area contributed by atoms with Gasteiger partial charge in [0, 0.05) is 20.8 Å². The van der Waals surface area contributed by atoms with Crippen LogP contribution in [0.4, 0.5) is 10.5 Å². The van der Waals surface area contributed by atoms with Gasteiger partial charge in [-0.25, -0.2) is 4.79 Å². The van der Waals surface area contributed by atoms with Crippen molar-refractivity contribution in [3.05, 3.63) is 67.3 Å². The molecule has 5 rings (SSSR count). The molecule has 0 spiro atoms. The van der Waals surface area contributed by atoms with Gasteiger partial charge < -0.3 is 9.84 Å². The molecular formula is C24H17ClN2O4S3. The number of benzene rings is 1. The fourth-order valence-electron chi connectivity index (χ4n) is 3.44. The van der Waals surface area contributed by atoms with Crippen LogP contribution in [0.3, 0.4) is 0 Å². The minimum Gasteiger partial charge on any atom is -0.481 e. The van der Waals surface area contributed by atoms with Gasteiger partial charge in [0.1, 0.15) is 16.9 Å². The largest absolute Gasteiger partial charge is 0.481 e. The summed E-state index contributed by atoms with van der Waals surface area (Å²) in [6.45, 7) is 1.85. The van der Waals surface area contributed by atoms with Crippen molar-refractivity contribution < 1.29 is 19.4 Å². The number of anilines is 1. The predicted molar refractivity (Wildman–Crippen MR) is 136 cm³/mol. The molecule has 0 saturated heterocycles. The van der Waals surface area contributed by atoms with Crippen molar-refractivity contribution in [2.24, 2.45) is 0 Å². The SMILES string of the molecule is Cc1nsc(C#Cc2cc3cc(C4(C(=O)O)CC4)sc3s2)c1NC(=O)OCc1ccccc1Cl. The third-order valence-electron chi connectivity index (χ3n) is 5.55. The number of hydrogen-bond acceptors (Lipinski definition) is 7. The van der Waals surface area contributed by atoms with Crippen LogP contribution < -0.4 is 5.32 Å². The van der Waals surface area contributed by atoms with Gasteiger partial charge in [0.15, 0.2) is 0 Å². The second-order valence-corrected chi connectivity index (χ2v) is 11.4. The molecule has 10 heteroatoms. The van der Waals surface area contributed by atoms with Crippen molar-refractivity contribution in [3.8, 4) is 11.8 Å². The molecule has 1 aromatic carbocycles. The van der Waals surface area contributed by atoms with Crippen LogP contribution in [0.15, 0.2) is 36.4 Å². The Labute approximate surface area is 212 Å². The fourth-order valence-corrected chi connectivity index (χ4v) is 6.88. The topological polar surface area (TPSA) is 88.5 Å². The van der Waals surface area contributed by atoms with Gasteiger partial charge in [-0.05, 0) is 61.3 Å². The van der Waals surface area contributed by atoms with E-state index in [9.17, 15) is 14.7 Å². The zero-order valence-corrected chi connectivity index (χ0v) is 21.0. The average Bonchev–Trinajstić information content (AvgIpc) is 3.25. The number of aromatic nitrogens is 1. The van der Waals surface area contributed by atoms with Crippen LogP contribution in [0.1, 0.15) is 38.7 Å². The van der Waals surface area contributed by atoms with Crippen molar-refractivity contribution in [3.63, 3.8) is 0 Å². The third kappa shape index (κ3) is 4.42. The maximum Gasteiger partial charge on any atom is 0.412 e. The lowest BCUT2D eigenvalue weighted by molar-refractivity contribution is -0.139. The van der Waals surface area contributed by atoms with E-state index < -0.39 is 17.5 Å². The number of aliphatic carboxylic acids is 1. The molecule has 1 amide bonds. The predicted octanol–water partition coefficient (Wildman–Crippen LogP) is 6.65. The van der Waals surface area contributed by atoms with E-state index >= 15 is 0 Å². The van der Waals surface area contributed by atoms with E-state index in [1.165, 1.54) is 34.2 Å². The standard InChI is InChI=1S/C24H17ClN2O4S3/c1-13-20(26-23(30)31-12-14-4-2-3-5-17(14)25)18(34-27-13)7-6-16-10-15-11-19(33-21(15)32-16)24(8-9-24)22(28)29/h2-5,10-11H,8-9,12H2,1H3,(H,26,30)(H,28,29). The summed E-state index contributed by atoms with van der Waals surface area (Å²) >= 11 is 10.4. The molecule has 1 saturated carbocycles. The molecule has 0 aliphatic heterocycles. The number of carbonyl (C=O) groups is 2. The van der Waals surface area contributed by atoms with E-state index in [0.717, 1.165) is 24.7 Å². The zero-order chi connectivity index (χ0) is 23.9. The summed E-state index contributed by atoms with van der Waals surface area (Å²) in [6, 6.07) is 11.1. The van der Waals surface area contributed by atoms with E-state index in [0.29, 0.717) is 34.1 Å². The van der Waals surface area contributed by atoms with E-state index in [1.807, 2.05) is 24.3 Å². The van der Waals surface area contributed by atoms with Crippen LogP contribution in [0, 0.1) is 18.8 Å². The maximum absolute atomic E-state index is 12.3. The van der Waals surface area contributed by atoms with Crippen molar-refractivity contribution >= 4 is 73.0 Å². The molecule has 3 aromatic heterocycles. The monoisotopic (exact) mass is 528 g/mol. The first-order chi connectivity index (χ1) is 16.4. The molecule has 1 aliphatic carbocycles. The van der Waals surface area contributed by atoms with Gasteiger partial charge in [0.05, 0.1) is 20.3 Å². The van der Waals surface area contributed by atoms with Crippen LogP contribution in [0.25, 0.3) is 9.40 Å². The van der Waals surface area contributed by atoms with E-state index in [2.05, 4.69) is 21.5 Å². The number of aryl methyl sites for hydroxylation is 1. The Morgan fingerprint density at radius 2 is 2.03 bits per heavy atom. The van der Waals surface area contributed by atoms with Gasteiger partial charge in [-0.15, -0.1) is 22.7 Å². The quantitative estimate of drug-likeness (QED) is 0.283. The first-order valence-corrected chi connectivity index (χ1v) is 13.1. The van der Waals surface area contributed by atoms with Crippen LogP contribution in [0.5, 0.6) is 0 Å². The molecule has 0 bridgehead atoms. The number of halogens is 1. The highest BCUT2D eigenvalue weighted by Gasteiger charge is 2.53. The fraction of sp³-hybridized carbons (Fsp3) is 0.208. The molecule has 0 radical (unpaired) electrons. The molecule has 1 fully saturated rings. The zero-order valence-electron chi connectivity index (χ0n) is 17.8.